The van der Waals surface area contributed by atoms with Gasteiger partial charge in [0.05, 0.1) is 5.75 Å². The number of rotatable bonds is 7. The molecule has 5 nitrogen and oxygen atoms in total. The molecule has 0 aromatic carbocycles. The summed E-state index contributed by atoms with van der Waals surface area (Å²) in [7, 11) is -3.34. The molecular formula is C12H20BrN3O2S. The molecule has 0 fully saturated rings. The number of aryl methyl sites for hydroxylation is 1. The van der Waals surface area contributed by atoms with Crippen LogP contribution in [-0.4, -0.2) is 31.7 Å². The summed E-state index contributed by atoms with van der Waals surface area (Å²) in [5, 5.41) is 3.19. The second kappa shape index (κ2) is 7.21. The fourth-order valence-corrected chi connectivity index (χ4v) is 3.08. The molecule has 0 saturated heterocycles. The van der Waals surface area contributed by atoms with E-state index >= 15 is 0 Å². The first-order valence-electron chi connectivity index (χ1n) is 6.16. The topological polar surface area (TPSA) is 71.1 Å². The van der Waals surface area contributed by atoms with Crippen molar-refractivity contribution >= 4 is 31.8 Å². The number of anilines is 1. The molecule has 0 radical (unpaired) electrons. The van der Waals surface area contributed by atoms with Crippen LogP contribution in [0.25, 0.3) is 0 Å². The van der Waals surface area contributed by atoms with E-state index in [-0.39, 0.29) is 5.75 Å². The lowest BCUT2D eigenvalue weighted by Crippen LogP contribution is -2.27. The lowest BCUT2D eigenvalue weighted by Gasteiger charge is -2.11. The minimum absolute atomic E-state index is 0.0872. The summed E-state index contributed by atoms with van der Waals surface area (Å²) in [6.07, 6.45) is 2.15. The van der Waals surface area contributed by atoms with Crippen molar-refractivity contribution in [3.8, 4) is 0 Å². The lowest BCUT2D eigenvalue weighted by atomic mass is 10.3. The van der Waals surface area contributed by atoms with Gasteiger partial charge in [-0.2, -0.15) is 0 Å². The minimum Gasteiger partial charge on any atom is -0.314 e. The fraction of sp³-hybridized carbons (Fsp3) is 0.583. The molecule has 0 aliphatic rings. The van der Waals surface area contributed by atoms with E-state index in [4.69, 9.17) is 0 Å². The van der Waals surface area contributed by atoms with Crippen LogP contribution in [0.1, 0.15) is 25.8 Å². The number of nitrogens with one attached hydrogen (secondary N) is 2. The standard InChI is InChI=1S/C12H20BrN3O2S/c1-9(2)14-5-4-6-19(17,18)16-12-10(3)7-11(13)8-15-12/h7-9,14H,4-6H2,1-3H3,(H,15,16). The molecule has 0 amide bonds. The predicted molar refractivity (Wildman–Crippen MR) is 81.8 cm³/mol. The Kier molecular flexibility index (Phi) is 6.22. The second-order valence-electron chi connectivity index (χ2n) is 4.70. The second-order valence-corrected chi connectivity index (χ2v) is 7.46. The van der Waals surface area contributed by atoms with Crippen LogP contribution in [0.5, 0.6) is 0 Å². The molecule has 0 atom stereocenters. The van der Waals surface area contributed by atoms with Crippen LogP contribution in [-0.2, 0) is 10.0 Å². The molecule has 0 aliphatic carbocycles. The van der Waals surface area contributed by atoms with Gasteiger partial charge in [-0.1, -0.05) is 13.8 Å². The Balaban J connectivity index is 2.54. The Morgan fingerprint density at radius 2 is 2.11 bits per heavy atom. The van der Waals surface area contributed by atoms with Gasteiger partial charge in [-0.3, -0.25) is 4.72 Å². The molecular weight excluding hydrogens is 330 g/mol. The molecule has 0 spiro atoms. The lowest BCUT2D eigenvalue weighted by molar-refractivity contribution is 0.571. The molecule has 1 rings (SSSR count). The number of sulfonamides is 1. The summed E-state index contributed by atoms with van der Waals surface area (Å²) in [6.45, 7) is 6.56. The third-order valence-electron chi connectivity index (χ3n) is 2.44. The summed E-state index contributed by atoms with van der Waals surface area (Å²) >= 11 is 3.29. The molecule has 0 aliphatic heterocycles. The number of hydrogen-bond acceptors (Lipinski definition) is 4. The fourth-order valence-electron chi connectivity index (χ4n) is 1.50. The van der Waals surface area contributed by atoms with E-state index < -0.39 is 10.0 Å². The Morgan fingerprint density at radius 1 is 1.42 bits per heavy atom. The van der Waals surface area contributed by atoms with E-state index in [0.29, 0.717) is 24.8 Å². The summed E-state index contributed by atoms with van der Waals surface area (Å²) in [4.78, 5) is 4.07. The van der Waals surface area contributed by atoms with E-state index in [1.807, 2.05) is 26.8 Å². The molecule has 0 saturated carbocycles. The third-order valence-corrected chi connectivity index (χ3v) is 4.20. The molecule has 1 aromatic rings. The van der Waals surface area contributed by atoms with Gasteiger partial charge >= 0.3 is 0 Å². The van der Waals surface area contributed by atoms with E-state index in [0.717, 1.165) is 10.0 Å². The Bertz CT molecular complexity index is 518. The van der Waals surface area contributed by atoms with Gasteiger partial charge in [0.1, 0.15) is 5.82 Å². The number of aromatic nitrogens is 1. The summed E-state index contributed by atoms with van der Waals surface area (Å²) in [5.74, 6) is 0.476. The first kappa shape index (κ1) is 16.4. The van der Waals surface area contributed by atoms with Gasteiger partial charge in [0, 0.05) is 16.7 Å². The predicted octanol–water partition coefficient (Wildman–Crippen LogP) is 2.28. The molecule has 0 bridgehead atoms. The zero-order chi connectivity index (χ0) is 14.5. The quantitative estimate of drug-likeness (QED) is 0.740. The number of nitrogens with zero attached hydrogens (tertiary/aromatic N) is 1. The normalized spacial score (nSPS) is 11.8. The Morgan fingerprint density at radius 3 is 2.68 bits per heavy atom. The van der Waals surface area contributed by atoms with Gasteiger partial charge in [0.25, 0.3) is 0 Å². The number of halogens is 1. The van der Waals surface area contributed by atoms with E-state index in [9.17, 15) is 8.42 Å². The van der Waals surface area contributed by atoms with Crippen LogP contribution in [0.4, 0.5) is 5.82 Å². The van der Waals surface area contributed by atoms with Crippen molar-refractivity contribution in [2.75, 3.05) is 17.0 Å². The van der Waals surface area contributed by atoms with Crippen LogP contribution < -0.4 is 10.0 Å². The smallest absolute Gasteiger partial charge is 0.233 e. The van der Waals surface area contributed by atoms with Gasteiger partial charge < -0.3 is 5.32 Å². The van der Waals surface area contributed by atoms with Crippen LogP contribution >= 0.6 is 15.9 Å². The molecule has 7 heteroatoms. The highest BCUT2D eigenvalue weighted by Crippen LogP contribution is 2.17. The molecule has 2 N–H and O–H groups in total. The van der Waals surface area contributed by atoms with Crippen LogP contribution in [0, 0.1) is 6.92 Å². The van der Waals surface area contributed by atoms with Gasteiger partial charge in [0.15, 0.2) is 0 Å². The number of hydrogen-bond donors (Lipinski definition) is 2. The van der Waals surface area contributed by atoms with Crippen LogP contribution in [0.15, 0.2) is 16.7 Å². The zero-order valence-electron chi connectivity index (χ0n) is 11.4. The average Bonchev–Trinajstić information content (AvgIpc) is 2.28. The van der Waals surface area contributed by atoms with Crippen LogP contribution in [0.3, 0.4) is 0 Å². The largest absolute Gasteiger partial charge is 0.314 e. The van der Waals surface area contributed by atoms with Gasteiger partial charge in [-0.05, 0) is 47.4 Å². The van der Waals surface area contributed by atoms with Crippen LogP contribution in [0.2, 0.25) is 0 Å². The van der Waals surface area contributed by atoms with Crippen molar-refractivity contribution in [2.45, 2.75) is 33.2 Å². The summed E-state index contributed by atoms with van der Waals surface area (Å²) in [6, 6.07) is 2.19. The molecule has 1 heterocycles. The Labute approximate surface area is 123 Å². The van der Waals surface area contributed by atoms with Crippen molar-refractivity contribution in [3.05, 3.63) is 22.3 Å². The first-order valence-corrected chi connectivity index (χ1v) is 8.61. The van der Waals surface area contributed by atoms with Crippen molar-refractivity contribution in [1.29, 1.82) is 0 Å². The Hall–Kier alpha value is -0.660. The molecule has 0 unspecified atom stereocenters. The van der Waals surface area contributed by atoms with Crippen molar-refractivity contribution in [2.24, 2.45) is 0 Å². The summed E-state index contributed by atoms with van der Waals surface area (Å²) < 4.78 is 27.1. The highest BCUT2D eigenvalue weighted by atomic mass is 79.9. The number of pyridine rings is 1. The van der Waals surface area contributed by atoms with Crippen molar-refractivity contribution in [1.82, 2.24) is 10.3 Å². The summed E-state index contributed by atoms with van der Waals surface area (Å²) in [5.41, 5.74) is 0.790. The van der Waals surface area contributed by atoms with Gasteiger partial charge in [0.2, 0.25) is 10.0 Å². The maximum absolute atomic E-state index is 11.9. The molecule has 1 aromatic heterocycles. The average molecular weight is 350 g/mol. The first-order chi connectivity index (χ1) is 8.80. The van der Waals surface area contributed by atoms with Gasteiger partial charge in [-0.25, -0.2) is 13.4 Å². The molecule has 19 heavy (non-hydrogen) atoms. The minimum atomic E-state index is -3.34. The maximum atomic E-state index is 11.9. The maximum Gasteiger partial charge on any atom is 0.233 e. The van der Waals surface area contributed by atoms with Crippen molar-refractivity contribution < 1.29 is 8.42 Å². The van der Waals surface area contributed by atoms with E-state index in [2.05, 4.69) is 31.0 Å². The van der Waals surface area contributed by atoms with E-state index in [1.54, 1.807) is 6.20 Å². The van der Waals surface area contributed by atoms with E-state index in [1.165, 1.54) is 0 Å². The van der Waals surface area contributed by atoms with Crippen molar-refractivity contribution in [3.63, 3.8) is 0 Å². The highest BCUT2D eigenvalue weighted by molar-refractivity contribution is 9.10. The monoisotopic (exact) mass is 349 g/mol. The molecule has 108 valence electrons. The third kappa shape index (κ3) is 6.35. The zero-order valence-corrected chi connectivity index (χ0v) is 13.8. The highest BCUT2D eigenvalue weighted by Gasteiger charge is 2.12. The SMILES string of the molecule is Cc1cc(Br)cnc1NS(=O)(=O)CCCNC(C)C. The van der Waals surface area contributed by atoms with Gasteiger partial charge in [-0.15, -0.1) is 0 Å².